The van der Waals surface area contributed by atoms with Crippen LogP contribution < -0.4 is 16.2 Å². The van der Waals surface area contributed by atoms with Gasteiger partial charge >= 0.3 is 0 Å². The van der Waals surface area contributed by atoms with Gasteiger partial charge in [-0.1, -0.05) is 0 Å². The molecule has 0 radical (unpaired) electrons. The summed E-state index contributed by atoms with van der Waals surface area (Å²) in [5, 5.41) is 13.9. The van der Waals surface area contributed by atoms with Gasteiger partial charge in [-0.3, -0.25) is 24.9 Å². The fraction of sp³-hybridized carbons (Fsp3) is 0.438. The third-order valence-electron chi connectivity index (χ3n) is 5.09. The van der Waals surface area contributed by atoms with Gasteiger partial charge in [0.2, 0.25) is 11.9 Å². The molecular weight excluding hydrogens is 338 g/mol. The fourth-order valence-electron chi connectivity index (χ4n) is 3.71. The lowest BCUT2D eigenvalue weighted by Gasteiger charge is -2.28. The maximum atomic E-state index is 12.6. The standard InChI is InChI=1S/C16H19N7O3/c24-16(15-12-7-11(23(25)26)2-3-13(12)20-21-15)19-10-1-4-14(18-8-10)22-6-5-17-9-22/h1,4-6,8-9,11-13,15,20-21H,2-3,7H2,(H,19,24). The Kier molecular flexibility index (Phi) is 4.35. The third-order valence-corrected chi connectivity index (χ3v) is 5.09. The van der Waals surface area contributed by atoms with E-state index in [1.54, 1.807) is 41.6 Å². The van der Waals surface area contributed by atoms with Crippen LogP contribution in [0.25, 0.3) is 5.82 Å². The second-order valence-electron chi connectivity index (χ2n) is 6.65. The van der Waals surface area contributed by atoms with E-state index in [0.717, 1.165) is 0 Å². The van der Waals surface area contributed by atoms with Gasteiger partial charge in [-0.15, -0.1) is 0 Å². The summed E-state index contributed by atoms with van der Waals surface area (Å²) in [4.78, 5) is 31.8. The Morgan fingerprint density at radius 3 is 2.92 bits per heavy atom. The molecule has 1 saturated heterocycles. The molecule has 2 aromatic heterocycles. The summed E-state index contributed by atoms with van der Waals surface area (Å²) in [6, 6.07) is 2.55. The van der Waals surface area contributed by atoms with Crippen molar-refractivity contribution in [2.45, 2.75) is 37.4 Å². The van der Waals surface area contributed by atoms with Gasteiger partial charge in [-0.05, 0) is 18.6 Å². The molecule has 4 rings (SSSR count). The van der Waals surface area contributed by atoms with Gasteiger partial charge in [0.1, 0.15) is 18.2 Å². The predicted molar refractivity (Wildman–Crippen MR) is 92.0 cm³/mol. The number of carbonyl (C=O) groups excluding carboxylic acids is 1. The summed E-state index contributed by atoms with van der Waals surface area (Å²) in [7, 11) is 0. The van der Waals surface area contributed by atoms with Crippen LogP contribution in [-0.4, -0.2) is 43.5 Å². The molecule has 10 nitrogen and oxygen atoms in total. The molecule has 2 aliphatic rings. The zero-order valence-corrected chi connectivity index (χ0v) is 13.9. The average molecular weight is 357 g/mol. The maximum absolute atomic E-state index is 12.6. The average Bonchev–Trinajstić information content (AvgIpc) is 3.31. The summed E-state index contributed by atoms with van der Waals surface area (Å²) < 4.78 is 1.76. The highest BCUT2D eigenvalue weighted by Gasteiger charge is 2.46. The first-order chi connectivity index (χ1) is 12.6. The van der Waals surface area contributed by atoms with Crippen molar-refractivity contribution in [3.8, 4) is 5.82 Å². The Morgan fingerprint density at radius 1 is 1.35 bits per heavy atom. The van der Waals surface area contributed by atoms with Crippen LogP contribution in [0.4, 0.5) is 5.69 Å². The molecule has 0 spiro atoms. The van der Waals surface area contributed by atoms with Gasteiger partial charge in [0.25, 0.3) is 0 Å². The van der Waals surface area contributed by atoms with E-state index in [1.807, 2.05) is 0 Å². The number of imidazole rings is 1. The summed E-state index contributed by atoms with van der Waals surface area (Å²) >= 11 is 0. The highest BCUT2D eigenvalue weighted by atomic mass is 16.6. The first kappa shape index (κ1) is 16.6. The zero-order chi connectivity index (χ0) is 18.1. The second kappa shape index (κ2) is 6.81. The van der Waals surface area contributed by atoms with Crippen LogP contribution in [0.15, 0.2) is 37.1 Å². The van der Waals surface area contributed by atoms with Crippen LogP contribution in [0.5, 0.6) is 0 Å². The Bertz CT molecular complexity index is 793. The van der Waals surface area contributed by atoms with E-state index in [9.17, 15) is 14.9 Å². The predicted octanol–water partition coefficient (Wildman–Crippen LogP) is 0.496. The van der Waals surface area contributed by atoms with Crippen LogP contribution in [0.1, 0.15) is 19.3 Å². The molecule has 2 fully saturated rings. The summed E-state index contributed by atoms with van der Waals surface area (Å²) in [6.45, 7) is 0. The zero-order valence-electron chi connectivity index (χ0n) is 13.9. The monoisotopic (exact) mass is 357 g/mol. The molecule has 3 heterocycles. The normalized spacial score (nSPS) is 27.7. The van der Waals surface area contributed by atoms with Crippen molar-refractivity contribution in [2.24, 2.45) is 5.92 Å². The fourth-order valence-corrected chi connectivity index (χ4v) is 3.71. The number of aromatic nitrogens is 3. The number of fused-ring (bicyclic) bond motifs is 1. The highest BCUT2D eigenvalue weighted by Crippen LogP contribution is 2.32. The number of hydrogen-bond donors (Lipinski definition) is 3. The van der Waals surface area contributed by atoms with E-state index in [2.05, 4.69) is 26.1 Å². The number of nitrogens with one attached hydrogen (secondary N) is 3. The van der Waals surface area contributed by atoms with Crippen molar-refractivity contribution in [1.29, 1.82) is 0 Å². The number of nitro groups is 1. The Hall–Kier alpha value is -2.85. The van der Waals surface area contributed by atoms with Gasteiger partial charge in [-0.2, -0.15) is 0 Å². The number of hydrogen-bond acceptors (Lipinski definition) is 7. The molecule has 3 N–H and O–H groups in total. The van der Waals surface area contributed by atoms with Crippen molar-refractivity contribution < 1.29 is 9.72 Å². The highest BCUT2D eigenvalue weighted by molar-refractivity contribution is 5.95. The Morgan fingerprint density at radius 2 is 2.23 bits per heavy atom. The number of carbonyl (C=O) groups is 1. The second-order valence-corrected chi connectivity index (χ2v) is 6.65. The van der Waals surface area contributed by atoms with Crippen LogP contribution >= 0.6 is 0 Å². The number of rotatable bonds is 4. The van der Waals surface area contributed by atoms with Crippen LogP contribution in [-0.2, 0) is 4.79 Å². The maximum Gasteiger partial charge on any atom is 0.243 e. The van der Waals surface area contributed by atoms with Crippen molar-refractivity contribution in [3.05, 3.63) is 47.2 Å². The molecule has 4 unspecified atom stereocenters. The van der Waals surface area contributed by atoms with Crippen LogP contribution in [0.3, 0.4) is 0 Å². The lowest BCUT2D eigenvalue weighted by Crippen LogP contribution is -2.44. The minimum atomic E-state index is -0.579. The number of amides is 1. The van der Waals surface area contributed by atoms with Crippen molar-refractivity contribution in [2.75, 3.05) is 5.32 Å². The smallest absolute Gasteiger partial charge is 0.243 e. The van der Waals surface area contributed by atoms with Gasteiger partial charge < -0.3 is 5.32 Å². The molecule has 2 aromatic rings. The van der Waals surface area contributed by atoms with Crippen molar-refractivity contribution >= 4 is 11.6 Å². The Labute approximate surface area is 149 Å². The molecule has 1 amide bonds. The van der Waals surface area contributed by atoms with Crippen molar-refractivity contribution in [3.63, 3.8) is 0 Å². The van der Waals surface area contributed by atoms with Crippen molar-refractivity contribution in [1.82, 2.24) is 25.4 Å². The molecule has 1 aliphatic carbocycles. The molecular formula is C16H19N7O3. The minimum absolute atomic E-state index is 0.0868. The van der Waals surface area contributed by atoms with E-state index >= 15 is 0 Å². The minimum Gasteiger partial charge on any atom is -0.323 e. The molecule has 1 aliphatic heterocycles. The first-order valence-corrected chi connectivity index (χ1v) is 8.51. The van der Waals surface area contributed by atoms with E-state index in [-0.39, 0.29) is 22.8 Å². The summed E-state index contributed by atoms with van der Waals surface area (Å²) in [6.07, 6.45) is 8.29. The molecule has 26 heavy (non-hydrogen) atoms. The SMILES string of the molecule is O=C(Nc1ccc(-n2ccnc2)nc1)C1NNC2CCC([N+](=O)[O-])CC21. The number of hydrazine groups is 1. The number of nitrogens with zero attached hydrogens (tertiary/aromatic N) is 4. The van der Waals surface area contributed by atoms with E-state index in [0.29, 0.717) is 30.8 Å². The van der Waals surface area contributed by atoms with Crippen LogP contribution in [0, 0.1) is 16.0 Å². The lowest BCUT2D eigenvalue weighted by atomic mass is 9.79. The molecule has 0 aromatic carbocycles. The van der Waals surface area contributed by atoms with E-state index in [1.165, 1.54) is 0 Å². The number of pyridine rings is 1. The molecule has 4 atom stereocenters. The van der Waals surface area contributed by atoms with Crippen LogP contribution in [0.2, 0.25) is 0 Å². The topological polar surface area (TPSA) is 127 Å². The van der Waals surface area contributed by atoms with E-state index in [4.69, 9.17) is 0 Å². The summed E-state index contributed by atoms with van der Waals surface area (Å²) in [5.41, 5.74) is 6.67. The van der Waals surface area contributed by atoms with Gasteiger partial charge in [0.15, 0.2) is 0 Å². The third kappa shape index (κ3) is 3.16. The first-order valence-electron chi connectivity index (χ1n) is 8.51. The molecule has 0 bridgehead atoms. The quantitative estimate of drug-likeness (QED) is 0.537. The van der Waals surface area contributed by atoms with Gasteiger partial charge in [0.05, 0.1) is 11.9 Å². The molecule has 10 heteroatoms. The lowest BCUT2D eigenvalue weighted by molar-refractivity contribution is -0.528. The largest absolute Gasteiger partial charge is 0.323 e. The molecule has 136 valence electrons. The summed E-state index contributed by atoms with van der Waals surface area (Å²) in [5.74, 6) is 0.380. The van der Waals surface area contributed by atoms with E-state index < -0.39 is 12.1 Å². The molecule has 1 saturated carbocycles. The van der Waals surface area contributed by atoms with Gasteiger partial charge in [0, 0.05) is 42.1 Å². The van der Waals surface area contributed by atoms with Gasteiger partial charge in [-0.25, -0.2) is 15.4 Å². The Balaban J connectivity index is 1.42. The number of anilines is 1.